The molecule has 8 heteroatoms. The maximum Gasteiger partial charge on any atom is 0.189 e. The zero-order valence-electron chi connectivity index (χ0n) is 22.6. The van der Waals surface area contributed by atoms with E-state index in [1.54, 1.807) is 0 Å². The van der Waals surface area contributed by atoms with Gasteiger partial charge in [0.15, 0.2) is 6.29 Å². The Morgan fingerprint density at radius 2 is 1.41 bits per heavy atom. The second kappa shape index (κ2) is 11.9. The lowest BCUT2D eigenvalue weighted by Crippen LogP contribution is -2.64. The van der Waals surface area contributed by atoms with Gasteiger partial charge in [-0.05, 0) is 70.5 Å². The number of ether oxygens (including phenoxy) is 3. The molecule has 2 aliphatic rings. The number of hydroxylamine groups is 2. The minimum atomic E-state index is -0.806. The maximum absolute atomic E-state index is 9.55. The van der Waals surface area contributed by atoms with Gasteiger partial charge in [0.1, 0.15) is 18.2 Å². The first-order valence-corrected chi connectivity index (χ1v) is 13.2. The molecule has 2 aliphatic heterocycles. The quantitative estimate of drug-likeness (QED) is 0.217. The van der Waals surface area contributed by atoms with Crippen molar-refractivity contribution in [3.63, 3.8) is 0 Å². The van der Waals surface area contributed by atoms with Crippen LogP contribution in [0.15, 0.2) is 65.8 Å². The molecule has 0 saturated carbocycles. The van der Waals surface area contributed by atoms with Crippen molar-refractivity contribution in [1.29, 1.82) is 0 Å². The van der Waals surface area contributed by atoms with Crippen molar-refractivity contribution < 1.29 is 19.0 Å². The van der Waals surface area contributed by atoms with Gasteiger partial charge in [0.05, 0.1) is 19.3 Å². The van der Waals surface area contributed by atoms with Crippen LogP contribution in [0.25, 0.3) is 10.4 Å². The predicted octanol–water partition coefficient (Wildman–Crippen LogP) is 6.56. The third-order valence-electron chi connectivity index (χ3n) is 7.39. The molecule has 2 saturated heterocycles. The summed E-state index contributed by atoms with van der Waals surface area (Å²) in [7, 11) is 0. The van der Waals surface area contributed by atoms with Gasteiger partial charge in [0.2, 0.25) is 0 Å². The number of benzene rings is 2. The van der Waals surface area contributed by atoms with E-state index in [9.17, 15) is 5.53 Å². The van der Waals surface area contributed by atoms with Gasteiger partial charge in [-0.2, -0.15) is 5.06 Å². The lowest BCUT2D eigenvalue weighted by atomic mass is 9.82. The Hall–Kier alpha value is -2.45. The lowest BCUT2D eigenvalue weighted by Gasteiger charge is -2.54. The molecule has 2 fully saturated rings. The average molecular weight is 509 g/mol. The molecular formula is C29H40N4O4. The minimum absolute atomic E-state index is 0.198. The fraction of sp³-hybridized carbons (Fsp3) is 0.586. The molecule has 0 aliphatic carbocycles. The third kappa shape index (κ3) is 6.71. The summed E-state index contributed by atoms with van der Waals surface area (Å²) in [5, 5.41) is 6.20. The summed E-state index contributed by atoms with van der Waals surface area (Å²) in [5.41, 5.74) is 11.2. The highest BCUT2D eigenvalue weighted by atomic mass is 16.8. The van der Waals surface area contributed by atoms with Crippen LogP contribution >= 0.6 is 0 Å². The largest absolute Gasteiger partial charge is 0.370 e. The molecule has 0 spiro atoms. The number of nitrogens with zero attached hydrogens (tertiary/aromatic N) is 4. The van der Waals surface area contributed by atoms with Crippen molar-refractivity contribution in [2.75, 3.05) is 0 Å². The van der Waals surface area contributed by atoms with E-state index >= 15 is 0 Å². The van der Waals surface area contributed by atoms with E-state index in [4.69, 9.17) is 19.0 Å². The predicted molar refractivity (Wildman–Crippen MR) is 142 cm³/mol. The van der Waals surface area contributed by atoms with Gasteiger partial charge >= 0.3 is 0 Å². The van der Waals surface area contributed by atoms with E-state index in [1.807, 2.05) is 72.7 Å². The molecule has 2 aromatic rings. The van der Waals surface area contributed by atoms with Crippen LogP contribution in [0.4, 0.5) is 0 Å². The van der Waals surface area contributed by atoms with E-state index in [0.717, 1.165) is 30.4 Å². The molecule has 0 aromatic heterocycles. The number of azide groups is 1. The van der Waals surface area contributed by atoms with Gasteiger partial charge in [-0.3, -0.25) is 4.84 Å². The molecular weight excluding hydrogens is 468 g/mol. The minimum Gasteiger partial charge on any atom is -0.370 e. The molecule has 0 N–H and O–H groups in total. The monoisotopic (exact) mass is 508 g/mol. The highest BCUT2D eigenvalue weighted by Gasteiger charge is 2.50. The standard InChI is InChI=1S/C29H40N4O4/c1-21-25(34-19-22-13-8-6-9-14-22)26(35-20-23-15-10-7-11-16-23)24(31-32-30)27(36-21)37-33-28(2,3)17-12-18-29(33,4)5/h6-11,13-16,21,24-27H,12,17-20H2,1-5H3/t21-,24-,25-,26-,27+/m1/s1. The third-order valence-corrected chi connectivity index (χ3v) is 7.39. The highest BCUT2D eigenvalue weighted by molar-refractivity contribution is 5.15. The normalized spacial score (nSPS) is 29.4. The van der Waals surface area contributed by atoms with Gasteiger partial charge < -0.3 is 14.2 Å². The Bertz CT molecular complexity index is 1030. The van der Waals surface area contributed by atoms with Crippen LogP contribution in [0.2, 0.25) is 0 Å². The fourth-order valence-corrected chi connectivity index (χ4v) is 5.58. The molecule has 2 aromatic carbocycles. The van der Waals surface area contributed by atoms with Crippen LogP contribution in [0.5, 0.6) is 0 Å². The first-order chi connectivity index (χ1) is 17.7. The molecule has 200 valence electrons. The first-order valence-electron chi connectivity index (χ1n) is 13.2. The van der Waals surface area contributed by atoms with Crippen LogP contribution in [0.3, 0.4) is 0 Å². The second-order valence-electron chi connectivity index (χ2n) is 11.3. The van der Waals surface area contributed by atoms with Crippen LogP contribution in [-0.2, 0) is 32.3 Å². The molecule has 0 unspecified atom stereocenters. The van der Waals surface area contributed by atoms with Crippen molar-refractivity contribution in [2.45, 2.75) is 109 Å². The molecule has 8 nitrogen and oxygen atoms in total. The molecule has 0 amide bonds. The number of hydrogen-bond acceptors (Lipinski definition) is 6. The summed E-state index contributed by atoms with van der Waals surface area (Å²) >= 11 is 0. The second-order valence-corrected chi connectivity index (χ2v) is 11.3. The molecule has 2 heterocycles. The molecule has 5 atom stereocenters. The number of hydrogen-bond donors (Lipinski definition) is 0. The Kier molecular flexibility index (Phi) is 8.90. The van der Waals surface area contributed by atoms with E-state index in [2.05, 4.69) is 37.7 Å². The Labute approximate surface area is 220 Å². The fourth-order valence-electron chi connectivity index (χ4n) is 5.58. The SMILES string of the molecule is C[C@H]1O[C@@H](ON2C(C)(C)CCCC2(C)C)[C@H](N=[N+]=[N-])[C@@H](OCc2ccccc2)[C@@H]1OCc1ccccc1. The van der Waals surface area contributed by atoms with Gasteiger partial charge in [0.25, 0.3) is 0 Å². The van der Waals surface area contributed by atoms with E-state index in [1.165, 1.54) is 0 Å². The molecule has 0 bridgehead atoms. The topological polar surface area (TPSA) is 88.9 Å². The van der Waals surface area contributed by atoms with Crippen molar-refractivity contribution in [3.8, 4) is 0 Å². The van der Waals surface area contributed by atoms with Gasteiger partial charge in [-0.15, -0.1) is 0 Å². The number of piperidine rings is 1. The van der Waals surface area contributed by atoms with Crippen LogP contribution in [-0.4, -0.2) is 46.8 Å². The summed E-state index contributed by atoms with van der Waals surface area (Å²) in [5.74, 6) is 0. The highest BCUT2D eigenvalue weighted by Crippen LogP contribution is 2.41. The van der Waals surface area contributed by atoms with Crippen LogP contribution in [0.1, 0.15) is 65.0 Å². The summed E-state index contributed by atoms with van der Waals surface area (Å²) in [6.45, 7) is 11.4. The van der Waals surface area contributed by atoms with Crippen LogP contribution in [0, 0.1) is 0 Å². The van der Waals surface area contributed by atoms with Crippen molar-refractivity contribution in [1.82, 2.24) is 5.06 Å². The molecule has 37 heavy (non-hydrogen) atoms. The summed E-state index contributed by atoms with van der Waals surface area (Å²) < 4.78 is 19.2. The smallest absolute Gasteiger partial charge is 0.189 e. The van der Waals surface area contributed by atoms with E-state index in [0.29, 0.717) is 13.2 Å². The van der Waals surface area contributed by atoms with Gasteiger partial charge in [-0.1, -0.05) is 65.8 Å². The van der Waals surface area contributed by atoms with E-state index in [-0.39, 0.29) is 17.2 Å². The van der Waals surface area contributed by atoms with Gasteiger partial charge in [-0.25, -0.2) is 0 Å². The lowest BCUT2D eigenvalue weighted by molar-refractivity contribution is -0.386. The first kappa shape index (κ1) is 27.6. The van der Waals surface area contributed by atoms with Crippen LogP contribution < -0.4 is 0 Å². The van der Waals surface area contributed by atoms with Crippen molar-refractivity contribution in [2.24, 2.45) is 5.11 Å². The zero-order valence-corrected chi connectivity index (χ0v) is 22.6. The van der Waals surface area contributed by atoms with Gasteiger partial charge in [0, 0.05) is 16.0 Å². The summed E-state index contributed by atoms with van der Waals surface area (Å²) in [6.07, 6.45) is 0.949. The Morgan fingerprint density at radius 1 is 0.892 bits per heavy atom. The molecule has 0 radical (unpaired) electrons. The number of rotatable bonds is 9. The van der Waals surface area contributed by atoms with Crippen molar-refractivity contribution >= 4 is 0 Å². The van der Waals surface area contributed by atoms with E-state index < -0.39 is 24.5 Å². The Morgan fingerprint density at radius 3 is 1.92 bits per heavy atom. The summed E-state index contributed by atoms with van der Waals surface area (Å²) in [6, 6.07) is 19.2. The molecule has 4 rings (SSSR count). The average Bonchev–Trinajstić information content (AvgIpc) is 2.87. The maximum atomic E-state index is 9.55. The zero-order chi connectivity index (χ0) is 26.5. The van der Waals surface area contributed by atoms with Crippen molar-refractivity contribution in [3.05, 3.63) is 82.2 Å². The summed E-state index contributed by atoms with van der Waals surface area (Å²) in [4.78, 5) is 9.77. The Balaban J connectivity index is 1.60.